The maximum atomic E-state index is 12.6. The van der Waals surface area contributed by atoms with E-state index in [-0.39, 0.29) is 16.5 Å². The smallest absolute Gasteiger partial charge is 0.422 e. The maximum Gasteiger partial charge on any atom is 0.422 e. The van der Waals surface area contributed by atoms with Gasteiger partial charge >= 0.3 is 6.18 Å². The van der Waals surface area contributed by atoms with E-state index in [2.05, 4.69) is 15.0 Å². The van der Waals surface area contributed by atoms with Crippen molar-refractivity contribution in [3.05, 3.63) is 52.7 Å². The third kappa shape index (κ3) is 5.85. The van der Waals surface area contributed by atoms with Crippen LogP contribution in [0.1, 0.15) is 40.0 Å². The van der Waals surface area contributed by atoms with Crippen molar-refractivity contribution in [3.63, 3.8) is 0 Å². The molecule has 30 heavy (non-hydrogen) atoms. The van der Waals surface area contributed by atoms with Crippen LogP contribution < -0.4 is 10.1 Å². The zero-order valence-electron chi connectivity index (χ0n) is 15.8. The van der Waals surface area contributed by atoms with Gasteiger partial charge in [0.15, 0.2) is 6.61 Å². The molecule has 1 fully saturated rings. The number of nitrogens with one attached hydrogen (secondary N) is 1. The molecule has 6 nitrogen and oxygen atoms in total. The van der Waals surface area contributed by atoms with E-state index in [9.17, 15) is 22.8 Å². The van der Waals surface area contributed by atoms with Crippen LogP contribution in [0.15, 0.2) is 36.5 Å². The summed E-state index contributed by atoms with van der Waals surface area (Å²) in [7, 11) is 0. The minimum atomic E-state index is -4.53. The van der Waals surface area contributed by atoms with E-state index in [1.165, 1.54) is 6.07 Å². The second kappa shape index (κ2) is 9.34. The lowest BCUT2D eigenvalue weighted by molar-refractivity contribution is -0.154. The molecule has 1 N–H and O–H groups in total. The Labute approximate surface area is 176 Å². The number of carbonyl (C=O) groups is 2. The first-order valence-corrected chi connectivity index (χ1v) is 9.66. The summed E-state index contributed by atoms with van der Waals surface area (Å²) in [5.74, 6) is -1.09. The first kappa shape index (κ1) is 21.9. The number of hydrogen-bond donors (Lipinski definition) is 1. The molecule has 0 unspecified atom stereocenters. The lowest BCUT2D eigenvalue weighted by Crippen LogP contribution is -2.35. The number of hydrogen-bond acceptors (Lipinski definition) is 4. The van der Waals surface area contributed by atoms with Gasteiger partial charge in [0.2, 0.25) is 5.88 Å². The molecule has 0 spiro atoms. The van der Waals surface area contributed by atoms with Gasteiger partial charge < -0.3 is 15.0 Å². The number of pyridine rings is 1. The highest BCUT2D eigenvalue weighted by Crippen LogP contribution is 2.25. The molecule has 0 bridgehead atoms. The number of carbonyl (C=O) groups excluding carboxylic acids is 2. The van der Waals surface area contributed by atoms with E-state index in [0.29, 0.717) is 24.3 Å². The number of likely N-dealkylation sites (tertiary alicyclic amines) is 1. The van der Waals surface area contributed by atoms with E-state index in [1.807, 2.05) is 0 Å². The van der Waals surface area contributed by atoms with Crippen molar-refractivity contribution in [1.29, 1.82) is 0 Å². The largest absolute Gasteiger partial charge is 0.467 e. The first-order valence-electron chi connectivity index (χ1n) is 9.29. The molecule has 2 aromatic rings. The summed E-state index contributed by atoms with van der Waals surface area (Å²) in [6.07, 6.45) is -0.416. The molecule has 0 atom stereocenters. The fourth-order valence-electron chi connectivity index (χ4n) is 3.02. The van der Waals surface area contributed by atoms with Crippen molar-refractivity contribution in [2.45, 2.75) is 25.4 Å². The second-order valence-corrected chi connectivity index (χ2v) is 7.21. The number of piperidine rings is 1. The lowest BCUT2D eigenvalue weighted by Gasteiger charge is -2.26. The van der Waals surface area contributed by atoms with Crippen molar-refractivity contribution in [2.75, 3.05) is 25.0 Å². The Hall–Kier alpha value is -2.81. The van der Waals surface area contributed by atoms with E-state index < -0.39 is 24.6 Å². The lowest BCUT2D eigenvalue weighted by atomic mass is 10.1. The Kier molecular flexibility index (Phi) is 6.81. The summed E-state index contributed by atoms with van der Waals surface area (Å²) in [5, 5.41) is 2.41. The van der Waals surface area contributed by atoms with Crippen LogP contribution in [-0.4, -0.2) is 47.6 Å². The van der Waals surface area contributed by atoms with Gasteiger partial charge in [0, 0.05) is 30.5 Å². The Balaban J connectivity index is 1.67. The average Bonchev–Trinajstić information content (AvgIpc) is 2.72. The topological polar surface area (TPSA) is 71.5 Å². The molecule has 10 heteroatoms. The summed E-state index contributed by atoms with van der Waals surface area (Å²) in [4.78, 5) is 30.5. The zero-order valence-corrected chi connectivity index (χ0v) is 16.6. The van der Waals surface area contributed by atoms with Gasteiger partial charge in [-0.1, -0.05) is 17.7 Å². The molecule has 1 aromatic heterocycles. The number of halogens is 4. The molecule has 0 radical (unpaired) electrons. The molecule has 160 valence electrons. The third-order valence-corrected chi connectivity index (χ3v) is 4.72. The highest BCUT2D eigenvalue weighted by Gasteiger charge is 2.29. The fourth-order valence-corrected chi connectivity index (χ4v) is 3.24. The van der Waals surface area contributed by atoms with Crippen molar-refractivity contribution in [2.24, 2.45) is 0 Å². The second-order valence-electron chi connectivity index (χ2n) is 6.80. The van der Waals surface area contributed by atoms with Crippen LogP contribution >= 0.6 is 11.6 Å². The molecule has 0 aliphatic carbocycles. The van der Waals surface area contributed by atoms with Gasteiger partial charge in [0.05, 0.1) is 5.56 Å². The number of benzene rings is 1. The van der Waals surface area contributed by atoms with Crippen LogP contribution in [-0.2, 0) is 0 Å². The van der Waals surface area contributed by atoms with Crippen molar-refractivity contribution in [1.82, 2.24) is 9.88 Å². The molecule has 3 rings (SSSR count). The molecule has 2 heterocycles. The molecular weight excluding hydrogens is 423 g/mol. The van der Waals surface area contributed by atoms with Gasteiger partial charge in [-0.25, -0.2) is 4.98 Å². The summed E-state index contributed by atoms with van der Waals surface area (Å²) in [6, 6.07) is 7.70. The van der Waals surface area contributed by atoms with Gasteiger partial charge in [0.1, 0.15) is 5.02 Å². The quantitative estimate of drug-likeness (QED) is 0.738. The van der Waals surface area contributed by atoms with Crippen LogP contribution in [0.4, 0.5) is 18.9 Å². The van der Waals surface area contributed by atoms with E-state index >= 15 is 0 Å². The normalized spacial score (nSPS) is 14.3. The number of anilines is 1. The summed E-state index contributed by atoms with van der Waals surface area (Å²) in [6.45, 7) is -0.117. The van der Waals surface area contributed by atoms with Crippen LogP contribution in [0, 0.1) is 0 Å². The van der Waals surface area contributed by atoms with Gasteiger partial charge in [-0.3, -0.25) is 9.59 Å². The Morgan fingerprint density at radius 1 is 1.13 bits per heavy atom. The average molecular weight is 442 g/mol. The van der Waals surface area contributed by atoms with Crippen LogP contribution in [0.3, 0.4) is 0 Å². The molecule has 1 aromatic carbocycles. The summed E-state index contributed by atoms with van der Waals surface area (Å²) in [5.41, 5.74) is 0.894. The SMILES string of the molecule is O=C(Nc1cccc(C(=O)N2CCCCC2)c1)c1cnc(OCC(F)(F)F)c(Cl)c1. The molecular formula is C20H19ClF3N3O3. The van der Waals surface area contributed by atoms with Gasteiger partial charge in [-0.15, -0.1) is 0 Å². The Morgan fingerprint density at radius 3 is 2.53 bits per heavy atom. The number of amides is 2. The van der Waals surface area contributed by atoms with Crippen LogP contribution in [0.25, 0.3) is 0 Å². The highest BCUT2D eigenvalue weighted by molar-refractivity contribution is 6.32. The molecule has 1 aliphatic rings. The number of ether oxygens (including phenoxy) is 1. The summed E-state index contributed by atoms with van der Waals surface area (Å²) >= 11 is 5.87. The summed E-state index contributed by atoms with van der Waals surface area (Å²) < 4.78 is 41.2. The number of aromatic nitrogens is 1. The van der Waals surface area contributed by atoms with Gasteiger partial charge in [-0.2, -0.15) is 13.2 Å². The fraction of sp³-hybridized carbons (Fsp3) is 0.350. The van der Waals surface area contributed by atoms with Crippen molar-refractivity contribution >= 4 is 29.1 Å². The maximum absolute atomic E-state index is 12.6. The van der Waals surface area contributed by atoms with Gasteiger partial charge in [-0.05, 0) is 43.5 Å². The molecule has 2 amide bonds. The molecule has 0 saturated carbocycles. The highest BCUT2D eigenvalue weighted by atomic mass is 35.5. The van der Waals surface area contributed by atoms with Crippen molar-refractivity contribution in [3.8, 4) is 5.88 Å². The monoisotopic (exact) mass is 441 g/mol. The number of alkyl halides is 3. The minimum Gasteiger partial charge on any atom is -0.467 e. The van der Waals surface area contributed by atoms with Gasteiger partial charge in [0.25, 0.3) is 11.8 Å². The minimum absolute atomic E-state index is 0.0344. The Bertz CT molecular complexity index is 931. The predicted octanol–water partition coefficient (Wildman–Crippen LogP) is 4.55. The van der Waals surface area contributed by atoms with E-state index in [4.69, 9.17) is 11.6 Å². The Morgan fingerprint density at radius 2 is 1.87 bits per heavy atom. The van der Waals surface area contributed by atoms with E-state index in [0.717, 1.165) is 25.5 Å². The zero-order chi connectivity index (χ0) is 21.7. The van der Waals surface area contributed by atoms with Crippen LogP contribution in [0.5, 0.6) is 5.88 Å². The van der Waals surface area contributed by atoms with Crippen LogP contribution in [0.2, 0.25) is 5.02 Å². The van der Waals surface area contributed by atoms with Crippen molar-refractivity contribution < 1.29 is 27.5 Å². The van der Waals surface area contributed by atoms with E-state index in [1.54, 1.807) is 29.2 Å². The first-order chi connectivity index (χ1) is 14.2. The standard InChI is InChI=1S/C20H19ClF3N3O3/c21-16-10-14(11-25-18(16)30-12-20(22,23)24)17(28)26-15-6-4-5-13(9-15)19(29)27-7-2-1-3-8-27/h4-6,9-11H,1-3,7-8,12H2,(H,26,28). The predicted molar refractivity (Wildman–Crippen MR) is 105 cm³/mol. The number of rotatable bonds is 5. The number of nitrogens with zero attached hydrogens (tertiary/aromatic N) is 2. The molecule has 1 aliphatic heterocycles. The molecule has 1 saturated heterocycles. The third-order valence-electron chi connectivity index (χ3n) is 4.45.